The number of nitrogens with zero attached hydrogens (tertiary/aromatic N) is 3. The van der Waals surface area contributed by atoms with E-state index in [1.54, 1.807) is 47.4 Å². The van der Waals surface area contributed by atoms with Gasteiger partial charge in [0.15, 0.2) is 0 Å². The summed E-state index contributed by atoms with van der Waals surface area (Å²) < 4.78 is 15.7. The first kappa shape index (κ1) is 31.0. The van der Waals surface area contributed by atoms with Crippen LogP contribution in [0.25, 0.3) is 0 Å². The molecule has 11 nitrogen and oxygen atoms in total. The zero-order chi connectivity index (χ0) is 31.3. The number of nitrogens with one attached hydrogen (secondary N) is 1. The number of nitrogens with two attached hydrogens (primary N) is 1. The van der Waals surface area contributed by atoms with Gasteiger partial charge in [-0.1, -0.05) is 30.3 Å². The Kier molecular flexibility index (Phi) is 9.29. The van der Waals surface area contributed by atoms with E-state index in [2.05, 4.69) is 11.4 Å². The number of rotatable bonds is 6. The molecule has 0 radical (unpaired) electrons. The van der Waals surface area contributed by atoms with Crippen molar-refractivity contribution < 1.29 is 28.6 Å². The fourth-order valence-corrected chi connectivity index (χ4v) is 5.26. The molecule has 2 aromatic carbocycles. The van der Waals surface area contributed by atoms with Crippen molar-refractivity contribution in [2.24, 2.45) is 5.73 Å². The number of hydrogen-bond donors (Lipinski definition) is 2. The normalized spacial score (nSPS) is 17.7. The lowest BCUT2D eigenvalue weighted by atomic mass is 9.81. The van der Waals surface area contributed by atoms with Crippen LogP contribution in [0.5, 0.6) is 0 Å². The second-order valence-electron chi connectivity index (χ2n) is 11.3. The van der Waals surface area contributed by atoms with Crippen LogP contribution in [0, 0.1) is 11.3 Å². The molecule has 0 saturated carbocycles. The predicted octanol–water partition coefficient (Wildman–Crippen LogP) is 4.40. The van der Waals surface area contributed by atoms with Crippen LogP contribution < -0.4 is 16.0 Å². The molecular weight excluding hydrogens is 550 g/mol. The first-order chi connectivity index (χ1) is 20.5. The molecule has 0 spiro atoms. The molecule has 1 unspecified atom stereocenters. The number of nitriles is 1. The minimum atomic E-state index is -0.934. The average molecular weight is 588 g/mol. The van der Waals surface area contributed by atoms with Crippen molar-refractivity contribution in [2.45, 2.75) is 51.2 Å². The maximum atomic E-state index is 13.2. The van der Waals surface area contributed by atoms with Crippen molar-refractivity contribution in [1.29, 1.82) is 5.26 Å². The molecule has 2 aliphatic heterocycles. The summed E-state index contributed by atoms with van der Waals surface area (Å²) in [6, 6.07) is 18.3. The van der Waals surface area contributed by atoms with Gasteiger partial charge in [0.1, 0.15) is 17.1 Å². The smallest absolute Gasteiger partial charge is 0.410 e. The Morgan fingerprint density at radius 1 is 0.953 bits per heavy atom. The van der Waals surface area contributed by atoms with Crippen molar-refractivity contribution in [1.82, 2.24) is 4.90 Å². The summed E-state index contributed by atoms with van der Waals surface area (Å²) in [6.45, 7) is 6.68. The van der Waals surface area contributed by atoms with Crippen LogP contribution in [-0.4, -0.2) is 61.9 Å². The molecule has 0 aliphatic carbocycles. The topological polar surface area (TPSA) is 147 Å². The van der Waals surface area contributed by atoms with Crippen molar-refractivity contribution in [3.05, 3.63) is 82.8 Å². The molecule has 2 aliphatic rings. The van der Waals surface area contributed by atoms with Gasteiger partial charge in [-0.15, -0.1) is 0 Å². The number of piperidine rings is 1. The predicted molar refractivity (Wildman–Crippen MR) is 160 cm³/mol. The van der Waals surface area contributed by atoms with E-state index in [-0.39, 0.29) is 34.8 Å². The maximum absolute atomic E-state index is 13.2. The van der Waals surface area contributed by atoms with Gasteiger partial charge in [0.05, 0.1) is 37.4 Å². The maximum Gasteiger partial charge on any atom is 0.410 e. The molecule has 1 atom stereocenters. The minimum absolute atomic E-state index is 0.000342. The fourth-order valence-electron chi connectivity index (χ4n) is 5.26. The second-order valence-corrected chi connectivity index (χ2v) is 11.3. The molecule has 4 rings (SSSR count). The highest BCUT2D eigenvalue weighted by molar-refractivity contribution is 6.06. The quantitative estimate of drug-likeness (QED) is 0.368. The molecule has 226 valence electrons. The number of anilines is 2. The summed E-state index contributed by atoms with van der Waals surface area (Å²) >= 11 is 0. The van der Waals surface area contributed by atoms with Crippen molar-refractivity contribution in [2.75, 3.05) is 37.5 Å². The van der Waals surface area contributed by atoms with Crippen LogP contribution in [-0.2, 0) is 23.8 Å². The highest BCUT2D eigenvalue weighted by Crippen LogP contribution is 2.43. The molecule has 2 aromatic rings. The van der Waals surface area contributed by atoms with Gasteiger partial charge in [-0.2, -0.15) is 5.26 Å². The number of ether oxygens (including phenoxy) is 3. The number of carbonyl (C=O) groups excluding carboxylic acids is 3. The van der Waals surface area contributed by atoms with E-state index in [0.29, 0.717) is 24.3 Å². The van der Waals surface area contributed by atoms with E-state index >= 15 is 0 Å². The van der Waals surface area contributed by atoms with Crippen LogP contribution in [0.4, 0.5) is 16.2 Å². The standard InChI is InChI=1S/C32H37N5O6/c1-32(2,3)43-31(40)36-17-15-22(16-18-36)35-21-11-13-23(14-12-21)37-27(30(39)42-5)26(29(38)41-4)25(24(19-33)28(37)34)20-9-7-6-8-10-20/h6-14,22,25,35H,15-18,34H2,1-5H3. The molecule has 43 heavy (non-hydrogen) atoms. The van der Waals surface area contributed by atoms with E-state index in [9.17, 15) is 19.6 Å². The molecule has 0 bridgehead atoms. The van der Waals surface area contributed by atoms with Crippen LogP contribution in [0.3, 0.4) is 0 Å². The SMILES string of the molecule is COC(=O)C1=C(C(=O)OC)N(c2ccc(NC3CCN(C(=O)OC(C)(C)C)CC3)cc2)C(N)=C(C#N)C1c1ccccc1. The Hall–Kier alpha value is -4.98. The van der Waals surface area contributed by atoms with Gasteiger partial charge < -0.3 is 30.2 Å². The molecule has 1 amide bonds. The third-order valence-corrected chi connectivity index (χ3v) is 7.25. The van der Waals surface area contributed by atoms with Crippen molar-refractivity contribution in [3.63, 3.8) is 0 Å². The van der Waals surface area contributed by atoms with Crippen LogP contribution in [0.2, 0.25) is 0 Å². The van der Waals surface area contributed by atoms with Gasteiger partial charge in [0.25, 0.3) is 0 Å². The first-order valence-corrected chi connectivity index (χ1v) is 14.0. The summed E-state index contributed by atoms with van der Waals surface area (Å²) in [4.78, 5) is 41.9. The largest absolute Gasteiger partial charge is 0.466 e. The lowest BCUT2D eigenvalue weighted by molar-refractivity contribution is -0.139. The number of methoxy groups -OCH3 is 2. The van der Waals surface area contributed by atoms with E-state index < -0.39 is 23.5 Å². The summed E-state index contributed by atoms with van der Waals surface area (Å²) in [6.07, 6.45) is 1.18. The van der Waals surface area contributed by atoms with E-state index in [1.165, 1.54) is 19.1 Å². The van der Waals surface area contributed by atoms with Crippen LogP contribution in [0.15, 0.2) is 77.3 Å². The number of benzene rings is 2. The lowest BCUT2D eigenvalue weighted by Gasteiger charge is -2.36. The van der Waals surface area contributed by atoms with Gasteiger partial charge in [0.2, 0.25) is 0 Å². The summed E-state index contributed by atoms with van der Waals surface area (Å²) in [5, 5.41) is 13.7. The Morgan fingerprint density at radius 2 is 1.56 bits per heavy atom. The number of allylic oxidation sites excluding steroid dienone is 1. The van der Waals surface area contributed by atoms with Crippen molar-refractivity contribution in [3.8, 4) is 6.07 Å². The Balaban J connectivity index is 1.62. The van der Waals surface area contributed by atoms with Gasteiger partial charge in [-0.05, 0) is 63.4 Å². The van der Waals surface area contributed by atoms with Gasteiger partial charge in [-0.3, -0.25) is 4.90 Å². The lowest BCUT2D eigenvalue weighted by Crippen LogP contribution is -2.44. The molecule has 1 saturated heterocycles. The third-order valence-electron chi connectivity index (χ3n) is 7.25. The van der Waals surface area contributed by atoms with E-state index in [1.807, 2.05) is 32.9 Å². The van der Waals surface area contributed by atoms with Gasteiger partial charge in [0, 0.05) is 30.5 Å². The summed E-state index contributed by atoms with van der Waals surface area (Å²) in [7, 11) is 2.42. The monoisotopic (exact) mass is 587 g/mol. The van der Waals surface area contributed by atoms with Crippen LogP contribution in [0.1, 0.15) is 45.1 Å². The summed E-state index contributed by atoms with van der Waals surface area (Å²) in [5.74, 6) is -2.52. The Bertz CT molecular complexity index is 1460. The van der Waals surface area contributed by atoms with Gasteiger partial charge >= 0.3 is 18.0 Å². The van der Waals surface area contributed by atoms with E-state index in [4.69, 9.17) is 19.9 Å². The Morgan fingerprint density at radius 3 is 2.09 bits per heavy atom. The van der Waals surface area contributed by atoms with Crippen molar-refractivity contribution >= 4 is 29.4 Å². The number of likely N-dealkylation sites (tertiary alicyclic amines) is 1. The highest BCUT2D eigenvalue weighted by Gasteiger charge is 2.43. The molecule has 1 fully saturated rings. The zero-order valence-corrected chi connectivity index (χ0v) is 25.0. The average Bonchev–Trinajstić information content (AvgIpc) is 3.00. The van der Waals surface area contributed by atoms with Gasteiger partial charge in [-0.25, -0.2) is 14.4 Å². The number of esters is 2. The molecule has 2 heterocycles. The summed E-state index contributed by atoms with van der Waals surface area (Å²) in [5.41, 5.74) is 7.81. The number of amides is 1. The highest BCUT2D eigenvalue weighted by atomic mass is 16.6. The second kappa shape index (κ2) is 12.9. The molecular formula is C32H37N5O6. The minimum Gasteiger partial charge on any atom is -0.466 e. The number of hydrogen-bond acceptors (Lipinski definition) is 10. The molecule has 11 heteroatoms. The molecule has 0 aromatic heterocycles. The zero-order valence-electron chi connectivity index (χ0n) is 25.0. The number of carbonyl (C=O) groups is 3. The van der Waals surface area contributed by atoms with E-state index in [0.717, 1.165) is 18.5 Å². The molecule has 3 N–H and O–H groups in total. The van der Waals surface area contributed by atoms with Crippen LogP contribution >= 0.6 is 0 Å². The first-order valence-electron chi connectivity index (χ1n) is 14.0. The fraction of sp³-hybridized carbons (Fsp3) is 0.375. The third kappa shape index (κ3) is 6.75. The Labute approximate surface area is 251 Å².